The minimum Gasteiger partial charge on any atom is -0.378 e. The number of thiocarbonyl (C=S) groups is 1. The highest BCUT2D eigenvalue weighted by Crippen LogP contribution is 2.21. The number of fused-ring (bicyclic) bond motifs is 1. The lowest BCUT2D eigenvalue weighted by atomic mass is 10.1. The highest BCUT2D eigenvalue weighted by atomic mass is 32.1. The number of hydrogen-bond acceptors (Lipinski definition) is 5. The van der Waals surface area contributed by atoms with Crippen LogP contribution in [0, 0.1) is 0 Å². The van der Waals surface area contributed by atoms with Gasteiger partial charge in [-0.1, -0.05) is 12.1 Å². The van der Waals surface area contributed by atoms with Crippen LogP contribution in [0.3, 0.4) is 0 Å². The van der Waals surface area contributed by atoms with Crippen molar-refractivity contribution in [1.29, 1.82) is 0 Å². The Morgan fingerprint density at radius 1 is 1.13 bits per heavy atom. The maximum Gasteiger partial charge on any atom is 0.262 e. The minimum absolute atomic E-state index is 0.287. The number of hydrogen-bond donors (Lipinski definition) is 1. The van der Waals surface area contributed by atoms with Crippen molar-refractivity contribution in [2.24, 2.45) is 0 Å². The van der Waals surface area contributed by atoms with Gasteiger partial charge in [0.05, 0.1) is 24.3 Å². The van der Waals surface area contributed by atoms with Gasteiger partial charge in [-0.15, -0.1) is 0 Å². The van der Waals surface area contributed by atoms with Crippen LogP contribution in [0.1, 0.15) is 20.7 Å². The number of nitrogens with one attached hydrogen (secondary N) is 1. The van der Waals surface area contributed by atoms with E-state index in [1.165, 1.54) is 0 Å². The predicted octanol–water partition coefficient (Wildman–Crippen LogP) is 0.0159. The molecule has 0 unspecified atom stereocenters. The van der Waals surface area contributed by atoms with E-state index in [9.17, 15) is 14.4 Å². The van der Waals surface area contributed by atoms with Crippen LogP contribution < -0.4 is 5.32 Å². The molecule has 1 N–H and O–H groups in total. The maximum atomic E-state index is 12.2. The van der Waals surface area contributed by atoms with E-state index in [0.29, 0.717) is 37.4 Å². The molecule has 0 radical (unpaired) electrons. The van der Waals surface area contributed by atoms with Crippen LogP contribution in [0.25, 0.3) is 0 Å². The predicted molar refractivity (Wildman–Crippen MR) is 84.9 cm³/mol. The van der Waals surface area contributed by atoms with E-state index in [1.54, 1.807) is 24.3 Å². The van der Waals surface area contributed by atoms with Crippen LogP contribution in [-0.2, 0) is 9.53 Å². The second-order valence-corrected chi connectivity index (χ2v) is 5.58. The molecule has 120 valence electrons. The number of nitrogens with zero attached hydrogens (tertiary/aromatic N) is 2. The summed E-state index contributed by atoms with van der Waals surface area (Å²) in [6.45, 7) is 1.96. The Hall–Kier alpha value is -2.32. The molecule has 8 heteroatoms. The van der Waals surface area contributed by atoms with E-state index in [0.717, 1.165) is 4.90 Å². The van der Waals surface area contributed by atoms with Crippen LogP contribution in [0.5, 0.6) is 0 Å². The largest absolute Gasteiger partial charge is 0.378 e. The molecule has 2 aliphatic heterocycles. The summed E-state index contributed by atoms with van der Waals surface area (Å²) in [6, 6.07) is 6.51. The zero-order valence-corrected chi connectivity index (χ0v) is 13.1. The van der Waals surface area contributed by atoms with Gasteiger partial charge in [-0.05, 0) is 24.4 Å². The highest BCUT2D eigenvalue weighted by molar-refractivity contribution is 7.80. The molecule has 7 nitrogen and oxygen atoms in total. The van der Waals surface area contributed by atoms with Crippen LogP contribution in [0.4, 0.5) is 0 Å². The van der Waals surface area contributed by atoms with Gasteiger partial charge in [-0.2, -0.15) is 0 Å². The standard InChI is InChI=1S/C15H15N3O4S/c19-12(16-15(23)17-5-7-22-8-6-17)9-18-13(20)10-3-1-2-4-11(10)14(18)21/h1-4H,5-9H2,(H,16,19,23). The molecule has 3 amide bonds. The number of carbonyl (C=O) groups excluding carboxylic acids is 3. The third kappa shape index (κ3) is 3.08. The monoisotopic (exact) mass is 333 g/mol. The lowest BCUT2D eigenvalue weighted by Gasteiger charge is -2.29. The van der Waals surface area contributed by atoms with E-state index in [1.807, 2.05) is 4.90 Å². The molecule has 1 fully saturated rings. The highest BCUT2D eigenvalue weighted by Gasteiger charge is 2.36. The zero-order valence-electron chi connectivity index (χ0n) is 12.3. The average Bonchev–Trinajstić information content (AvgIpc) is 2.81. The molecular weight excluding hydrogens is 318 g/mol. The van der Waals surface area contributed by atoms with Gasteiger partial charge in [0.25, 0.3) is 11.8 Å². The van der Waals surface area contributed by atoms with Crippen molar-refractivity contribution >= 4 is 35.1 Å². The van der Waals surface area contributed by atoms with Gasteiger partial charge in [-0.25, -0.2) is 0 Å². The molecule has 1 aromatic rings. The lowest BCUT2D eigenvalue weighted by Crippen LogP contribution is -2.50. The van der Waals surface area contributed by atoms with Crippen molar-refractivity contribution < 1.29 is 19.1 Å². The fourth-order valence-corrected chi connectivity index (χ4v) is 2.83. The Bertz CT molecular complexity index is 650. The van der Waals surface area contributed by atoms with Crippen molar-refractivity contribution in [1.82, 2.24) is 15.1 Å². The van der Waals surface area contributed by atoms with Gasteiger partial charge < -0.3 is 15.0 Å². The molecule has 2 aliphatic rings. The zero-order chi connectivity index (χ0) is 16.4. The summed E-state index contributed by atoms with van der Waals surface area (Å²) < 4.78 is 5.21. The van der Waals surface area contributed by atoms with E-state index in [2.05, 4.69) is 5.32 Å². The summed E-state index contributed by atoms with van der Waals surface area (Å²) in [4.78, 5) is 39.2. The molecule has 0 atom stereocenters. The third-order valence-corrected chi connectivity index (χ3v) is 4.08. The summed E-state index contributed by atoms with van der Waals surface area (Å²) in [6.07, 6.45) is 0. The van der Waals surface area contributed by atoms with Gasteiger partial charge in [0, 0.05) is 13.1 Å². The number of imide groups is 1. The first kappa shape index (κ1) is 15.6. The SMILES string of the molecule is O=C(CN1C(=O)c2ccccc2C1=O)NC(=S)N1CCOCC1. The van der Waals surface area contributed by atoms with Crippen LogP contribution in [0.15, 0.2) is 24.3 Å². The first-order valence-electron chi connectivity index (χ1n) is 7.19. The van der Waals surface area contributed by atoms with Crippen molar-refractivity contribution in [3.05, 3.63) is 35.4 Å². The van der Waals surface area contributed by atoms with Gasteiger partial charge in [0.15, 0.2) is 5.11 Å². The average molecular weight is 333 g/mol. The molecule has 0 aliphatic carbocycles. The number of benzene rings is 1. The molecule has 1 saturated heterocycles. The number of rotatable bonds is 2. The Morgan fingerprint density at radius 3 is 2.26 bits per heavy atom. The van der Waals surface area contributed by atoms with Crippen molar-refractivity contribution in [2.75, 3.05) is 32.8 Å². The molecule has 0 spiro atoms. The maximum absolute atomic E-state index is 12.2. The van der Waals surface area contributed by atoms with Crippen molar-refractivity contribution in [3.63, 3.8) is 0 Å². The van der Waals surface area contributed by atoms with Crippen LogP contribution >= 0.6 is 12.2 Å². The number of ether oxygens (including phenoxy) is 1. The Kier molecular flexibility index (Phi) is 4.35. The molecule has 3 rings (SSSR count). The summed E-state index contributed by atoms with van der Waals surface area (Å²) in [5, 5.41) is 2.85. The number of morpholine rings is 1. The topological polar surface area (TPSA) is 79.0 Å². The fourth-order valence-electron chi connectivity index (χ4n) is 2.53. The lowest BCUT2D eigenvalue weighted by molar-refractivity contribution is -0.120. The normalized spacial score (nSPS) is 17.2. The second-order valence-electron chi connectivity index (χ2n) is 5.19. The van der Waals surface area contributed by atoms with Gasteiger partial charge in [-0.3, -0.25) is 19.3 Å². The Labute approximate surface area is 138 Å². The first-order valence-corrected chi connectivity index (χ1v) is 7.60. The van der Waals surface area contributed by atoms with Crippen LogP contribution in [0.2, 0.25) is 0 Å². The molecule has 0 saturated carbocycles. The van der Waals surface area contributed by atoms with E-state index in [4.69, 9.17) is 17.0 Å². The second kappa shape index (κ2) is 6.43. The first-order chi connectivity index (χ1) is 11.1. The van der Waals surface area contributed by atoms with E-state index < -0.39 is 17.7 Å². The fraction of sp³-hybridized carbons (Fsp3) is 0.333. The minimum atomic E-state index is -0.490. The van der Waals surface area contributed by atoms with E-state index in [-0.39, 0.29) is 11.7 Å². The van der Waals surface area contributed by atoms with E-state index >= 15 is 0 Å². The molecule has 2 heterocycles. The van der Waals surface area contributed by atoms with Crippen molar-refractivity contribution in [2.45, 2.75) is 0 Å². The van der Waals surface area contributed by atoms with Gasteiger partial charge in [0.2, 0.25) is 5.91 Å². The quantitative estimate of drug-likeness (QED) is 0.607. The molecular formula is C15H15N3O4S. The smallest absolute Gasteiger partial charge is 0.262 e. The van der Waals surface area contributed by atoms with Crippen LogP contribution in [-0.4, -0.2) is 65.5 Å². The molecule has 23 heavy (non-hydrogen) atoms. The summed E-state index contributed by atoms with van der Waals surface area (Å²) in [5.74, 6) is -1.41. The molecule has 1 aromatic carbocycles. The summed E-state index contributed by atoms with van der Waals surface area (Å²) >= 11 is 5.17. The third-order valence-electron chi connectivity index (χ3n) is 3.72. The Morgan fingerprint density at radius 2 is 1.70 bits per heavy atom. The van der Waals surface area contributed by atoms with Gasteiger partial charge in [0.1, 0.15) is 6.54 Å². The summed E-state index contributed by atoms with van der Waals surface area (Å²) in [5.41, 5.74) is 0.641. The number of amides is 3. The molecule has 0 aromatic heterocycles. The summed E-state index contributed by atoms with van der Waals surface area (Å²) in [7, 11) is 0. The Balaban J connectivity index is 1.61. The number of carbonyl (C=O) groups is 3. The van der Waals surface area contributed by atoms with Gasteiger partial charge >= 0.3 is 0 Å². The van der Waals surface area contributed by atoms with Crippen molar-refractivity contribution in [3.8, 4) is 0 Å². The molecule has 0 bridgehead atoms.